The summed E-state index contributed by atoms with van der Waals surface area (Å²) in [4.78, 5) is 11.0. The van der Waals surface area contributed by atoms with Gasteiger partial charge in [-0.2, -0.15) is 0 Å². The average molecular weight is 222 g/mol. The fraction of sp³-hybridized carbons (Fsp3) is 0.462. The van der Waals surface area contributed by atoms with Gasteiger partial charge in [0.15, 0.2) is 6.10 Å². The van der Waals surface area contributed by atoms with Crippen LogP contribution in [0.15, 0.2) is 18.2 Å². The smallest absolute Gasteiger partial charge is 0.344 e. The Labute approximate surface area is 96.1 Å². The van der Waals surface area contributed by atoms with Gasteiger partial charge in [0.25, 0.3) is 0 Å². The predicted molar refractivity (Wildman–Crippen MR) is 62.9 cm³/mol. The summed E-state index contributed by atoms with van der Waals surface area (Å²) >= 11 is 0. The molecule has 3 heteroatoms. The van der Waals surface area contributed by atoms with E-state index in [1.54, 1.807) is 0 Å². The molecule has 0 saturated carbocycles. The minimum Gasteiger partial charge on any atom is -0.479 e. The monoisotopic (exact) mass is 222 g/mol. The van der Waals surface area contributed by atoms with Gasteiger partial charge in [-0.1, -0.05) is 31.5 Å². The second-order valence-corrected chi connectivity index (χ2v) is 3.95. The van der Waals surface area contributed by atoms with E-state index in [9.17, 15) is 4.79 Å². The molecule has 0 saturated heterocycles. The second-order valence-electron chi connectivity index (χ2n) is 3.95. The molecule has 0 heterocycles. The lowest BCUT2D eigenvalue weighted by atomic mass is 10.1. The Morgan fingerprint density at radius 2 is 1.94 bits per heavy atom. The van der Waals surface area contributed by atoms with Crippen LogP contribution in [0.2, 0.25) is 0 Å². The summed E-state index contributed by atoms with van der Waals surface area (Å²) in [5, 5.41) is 9.02. The Morgan fingerprint density at radius 3 is 2.38 bits per heavy atom. The first-order valence-electron chi connectivity index (χ1n) is 5.52. The highest BCUT2D eigenvalue weighted by molar-refractivity contribution is 5.72. The lowest BCUT2D eigenvalue weighted by molar-refractivity contribution is -0.145. The Morgan fingerprint density at radius 1 is 1.38 bits per heavy atom. The molecule has 1 aromatic carbocycles. The molecule has 0 bridgehead atoms. The van der Waals surface area contributed by atoms with Crippen LogP contribution in [-0.2, 0) is 4.79 Å². The average Bonchev–Trinajstić information content (AvgIpc) is 2.21. The van der Waals surface area contributed by atoms with E-state index in [-0.39, 0.29) is 0 Å². The zero-order valence-electron chi connectivity index (χ0n) is 9.99. The summed E-state index contributed by atoms with van der Waals surface area (Å²) in [6.45, 7) is 5.80. The number of rotatable bonds is 5. The Bertz CT molecular complexity index is 351. The summed E-state index contributed by atoms with van der Waals surface area (Å²) in [7, 11) is 0. The first-order valence-corrected chi connectivity index (χ1v) is 5.52. The van der Waals surface area contributed by atoms with Crippen molar-refractivity contribution in [1.29, 1.82) is 0 Å². The number of carbonyl (C=O) groups is 1. The van der Waals surface area contributed by atoms with Crippen LogP contribution in [0.4, 0.5) is 0 Å². The quantitative estimate of drug-likeness (QED) is 0.833. The van der Waals surface area contributed by atoms with Crippen molar-refractivity contribution in [2.75, 3.05) is 0 Å². The molecule has 3 nitrogen and oxygen atoms in total. The first-order chi connectivity index (χ1) is 7.56. The largest absolute Gasteiger partial charge is 0.479 e. The molecule has 1 N–H and O–H groups in total. The van der Waals surface area contributed by atoms with E-state index in [2.05, 4.69) is 0 Å². The van der Waals surface area contributed by atoms with Crippen LogP contribution >= 0.6 is 0 Å². The van der Waals surface area contributed by atoms with Gasteiger partial charge in [0.2, 0.25) is 0 Å². The van der Waals surface area contributed by atoms with Gasteiger partial charge in [0.1, 0.15) is 5.75 Å². The maximum Gasteiger partial charge on any atom is 0.344 e. The van der Waals surface area contributed by atoms with Crippen molar-refractivity contribution in [3.8, 4) is 5.75 Å². The summed E-state index contributed by atoms with van der Waals surface area (Å²) < 4.78 is 5.58. The summed E-state index contributed by atoms with van der Waals surface area (Å²) in [6, 6.07) is 5.79. The third kappa shape index (κ3) is 2.99. The van der Waals surface area contributed by atoms with Crippen LogP contribution in [0, 0.1) is 13.8 Å². The fourth-order valence-corrected chi connectivity index (χ4v) is 1.62. The number of hydrogen-bond donors (Lipinski definition) is 1. The van der Waals surface area contributed by atoms with Crippen LogP contribution in [-0.4, -0.2) is 17.2 Å². The van der Waals surface area contributed by atoms with Gasteiger partial charge >= 0.3 is 5.97 Å². The number of ether oxygens (including phenoxy) is 1. The lowest BCUT2D eigenvalue weighted by Gasteiger charge is -2.17. The molecule has 0 aliphatic carbocycles. The number of aliphatic carboxylic acids is 1. The minimum atomic E-state index is -0.899. The Balaban J connectivity index is 2.89. The highest BCUT2D eigenvalue weighted by atomic mass is 16.5. The molecule has 1 atom stereocenters. The standard InChI is InChI=1S/C13H18O3/c1-4-6-11(13(14)15)16-12-9(2)7-5-8-10(12)3/h5,7-8,11H,4,6H2,1-3H3,(H,14,15). The lowest BCUT2D eigenvalue weighted by Crippen LogP contribution is -2.27. The van der Waals surface area contributed by atoms with E-state index in [0.29, 0.717) is 12.2 Å². The molecule has 0 spiro atoms. The highest BCUT2D eigenvalue weighted by Crippen LogP contribution is 2.24. The SMILES string of the molecule is CCCC(Oc1c(C)cccc1C)C(=O)O. The van der Waals surface area contributed by atoms with Crippen molar-refractivity contribution in [3.05, 3.63) is 29.3 Å². The maximum absolute atomic E-state index is 11.0. The van der Waals surface area contributed by atoms with Crippen LogP contribution in [0.25, 0.3) is 0 Å². The molecule has 0 aliphatic rings. The Hall–Kier alpha value is -1.51. The molecule has 1 aromatic rings. The van der Waals surface area contributed by atoms with Crippen molar-refractivity contribution >= 4 is 5.97 Å². The van der Waals surface area contributed by atoms with E-state index in [4.69, 9.17) is 9.84 Å². The zero-order chi connectivity index (χ0) is 12.1. The fourth-order valence-electron chi connectivity index (χ4n) is 1.62. The summed E-state index contributed by atoms with van der Waals surface area (Å²) in [6.07, 6.45) is 0.579. The molecule has 1 unspecified atom stereocenters. The molecular formula is C13H18O3. The third-order valence-electron chi connectivity index (χ3n) is 2.50. The molecule has 0 aliphatic heterocycles. The summed E-state index contributed by atoms with van der Waals surface area (Å²) in [5.41, 5.74) is 1.95. The van der Waals surface area contributed by atoms with Crippen LogP contribution in [0.1, 0.15) is 30.9 Å². The van der Waals surface area contributed by atoms with Gasteiger partial charge in [0, 0.05) is 0 Å². The molecule has 16 heavy (non-hydrogen) atoms. The first kappa shape index (κ1) is 12.6. The van der Waals surface area contributed by atoms with E-state index in [0.717, 1.165) is 17.5 Å². The second kappa shape index (κ2) is 5.54. The van der Waals surface area contributed by atoms with Gasteiger partial charge in [0.05, 0.1) is 0 Å². The van der Waals surface area contributed by atoms with E-state index in [1.807, 2.05) is 39.0 Å². The molecule has 0 fully saturated rings. The predicted octanol–water partition coefficient (Wildman–Crippen LogP) is 2.94. The maximum atomic E-state index is 11.0. The molecule has 0 aromatic heterocycles. The molecule has 0 amide bonds. The normalized spacial score (nSPS) is 12.2. The van der Waals surface area contributed by atoms with Crippen molar-refractivity contribution in [2.45, 2.75) is 39.7 Å². The van der Waals surface area contributed by atoms with E-state index in [1.165, 1.54) is 0 Å². The van der Waals surface area contributed by atoms with Gasteiger partial charge in [-0.15, -0.1) is 0 Å². The third-order valence-corrected chi connectivity index (χ3v) is 2.50. The molecule has 88 valence electrons. The van der Waals surface area contributed by atoms with Crippen molar-refractivity contribution in [1.82, 2.24) is 0 Å². The van der Waals surface area contributed by atoms with Crippen LogP contribution in [0.3, 0.4) is 0 Å². The molecule has 1 rings (SSSR count). The number of carboxylic acid groups (broad SMARTS) is 1. The zero-order valence-corrected chi connectivity index (χ0v) is 9.99. The number of carboxylic acids is 1. The Kier molecular flexibility index (Phi) is 4.35. The number of hydrogen-bond acceptors (Lipinski definition) is 2. The van der Waals surface area contributed by atoms with Crippen molar-refractivity contribution in [2.24, 2.45) is 0 Å². The topological polar surface area (TPSA) is 46.5 Å². The highest BCUT2D eigenvalue weighted by Gasteiger charge is 2.19. The van der Waals surface area contributed by atoms with E-state index >= 15 is 0 Å². The van der Waals surface area contributed by atoms with Crippen molar-refractivity contribution < 1.29 is 14.6 Å². The van der Waals surface area contributed by atoms with E-state index < -0.39 is 12.1 Å². The van der Waals surface area contributed by atoms with Gasteiger partial charge in [-0.05, 0) is 31.4 Å². The minimum absolute atomic E-state index is 0.531. The number of aryl methyl sites for hydroxylation is 2. The van der Waals surface area contributed by atoms with Crippen LogP contribution in [0.5, 0.6) is 5.75 Å². The van der Waals surface area contributed by atoms with Crippen LogP contribution < -0.4 is 4.74 Å². The number of benzene rings is 1. The van der Waals surface area contributed by atoms with Gasteiger partial charge in [-0.25, -0.2) is 4.79 Å². The number of para-hydroxylation sites is 1. The molecule has 0 radical (unpaired) electrons. The van der Waals surface area contributed by atoms with Gasteiger partial charge < -0.3 is 9.84 Å². The molecular weight excluding hydrogens is 204 g/mol. The van der Waals surface area contributed by atoms with Crippen molar-refractivity contribution in [3.63, 3.8) is 0 Å². The van der Waals surface area contributed by atoms with Gasteiger partial charge in [-0.3, -0.25) is 0 Å². The summed E-state index contributed by atoms with van der Waals surface area (Å²) in [5.74, 6) is -0.201.